The molecule has 2 N–H and O–H groups in total. The molecule has 0 unspecified atom stereocenters. The number of benzene rings is 1. The summed E-state index contributed by atoms with van der Waals surface area (Å²) in [5.41, 5.74) is 7.64. The number of anilines is 1. The van der Waals surface area contributed by atoms with Crippen molar-refractivity contribution >= 4 is 22.8 Å². The van der Waals surface area contributed by atoms with E-state index in [4.69, 9.17) is 10.2 Å². The number of carbonyl (C=O) groups excluding carboxylic acids is 1. The van der Waals surface area contributed by atoms with Crippen LogP contribution in [0.4, 0.5) is 5.82 Å². The quantitative estimate of drug-likeness (QED) is 0.776. The number of amides is 1. The number of nitrogens with two attached hydrogens (primary N) is 1. The van der Waals surface area contributed by atoms with E-state index in [1.807, 2.05) is 24.3 Å². The number of nitrogens with zero attached hydrogens (tertiary/aromatic N) is 4. The first-order valence-electron chi connectivity index (χ1n) is 7.93. The molecule has 1 aliphatic rings. The Hall–Kier alpha value is -2.96. The summed E-state index contributed by atoms with van der Waals surface area (Å²) in [6.45, 7) is 1.25. The Morgan fingerprint density at radius 3 is 2.67 bits per heavy atom. The minimum absolute atomic E-state index is 0.170. The summed E-state index contributed by atoms with van der Waals surface area (Å²) in [4.78, 5) is 26.8. The number of oxazole rings is 1. The molecule has 1 amide bonds. The molecule has 0 saturated carbocycles. The van der Waals surface area contributed by atoms with Crippen molar-refractivity contribution in [3.05, 3.63) is 48.2 Å². The number of para-hydroxylation sites is 2. The van der Waals surface area contributed by atoms with Crippen LogP contribution in [0.3, 0.4) is 0 Å². The molecule has 1 aliphatic heterocycles. The van der Waals surface area contributed by atoms with Gasteiger partial charge in [-0.15, -0.1) is 0 Å². The third-order valence-corrected chi connectivity index (χ3v) is 4.37. The zero-order valence-corrected chi connectivity index (χ0v) is 13.1. The van der Waals surface area contributed by atoms with Gasteiger partial charge in [-0.25, -0.2) is 15.0 Å². The number of carbonyl (C=O) groups is 1. The maximum absolute atomic E-state index is 12.5. The zero-order valence-electron chi connectivity index (χ0n) is 13.1. The summed E-state index contributed by atoms with van der Waals surface area (Å²) in [6.07, 6.45) is 4.57. The van der Waals surface area contributed by atoms with Crippen LogP contribution in [-0.2, 0) is 0 Å². The molecule has 3 heterocycles. The lowest BCUT2D eigenvalue weighted by molar-refractivity contribution is 0.0701. The summed E-state index contributed by atoms with van der Waals surface area (Å²) in [5, 5.41) is 0. The summed E-state index contributed by atoms with van der Waals surface area (Å²) in [7, 11) is 0. The fourth-order valence-electron chi connectivity index (χ4n) is 3.06. The fraction of sp³-hybridized carbons (Fsp3) is 0.294. The molecule has 0 radical (unpaired) electrons. The van der Waals surface area contributed by atoms with Gasteiger partial charge in [0.15, 0.2) is 23.0 Å². The average molecular weight is 323 g/mol. The van der Waals surface area contributed by atoms with Crippen LogP contribution in [0.2, 0.25) is 0 Å². The van der Waals surface area contributed by atoms with E-state index in [1.165, 1.54) is 12.4 Å². The molecule has 0 bridgehead atoms. The molecular formula is C17H17N5O2. The van der Waals surface area contributed by atoms with Gasteiger partial charge in [-0.3, -0.25) is 4.79 Å². The summed E-state index contributed by atoms with van der Waals surface area (Å²) in [6, 6.07) is 7.74. The number of fused-ring (bicyclic) bond motifs is 1. The average Bonchev–Trinajstić information content (AvgIpc) is 3.06. The monoisotopic (exact) mass is 323 g/mol. The summed E-state index contributed by atoms with van der Waals surface area (Å²) in [5.74, 6) is 0.975. The Kier molecular flexibility index (Phi) is 3.60. The fourth-order valence-corrected chi connectivity index (χ4v) is 3.06. The lowest BCUT2D eigenvalue weighted by Crippen LogP contribution is -2.38. The van der Waals surface area contributed by atoms with E-state index in [9.17, 15) is 4.79 Å². The second kappa shape index (κ2) is 5.92. The first-order valence-corrected chi connectivity index (χ1v) is 7.93. The van der Waals surface area contributed by atoms with E-state index in [-0.39, 0.29) is 23.3 Å². The van der Waals surface area contributed by atoms with Crippen LogP contribution in [0.5, 0.6) is 0 Å². The molecule has 7 nitrogen and oxygen atoms in total. The molecule has 4 rings (SSSR count). The second-order valence-electron chi connectivity index (χ2n) is 5.88. The van der Waals surface area contributed by atoms with Crippen LogP contribution in [0.25, 0.3) is 11.1 Å². The van der Waals surface area contributed by atoms with E-state index in [0.717, 1.165) is 29.8 Å². The van der Waals surface area contributed by atoms with Crippen molar-refractivity contribution in [3.8, 4) is 0 Å². The van der Waals surface area contributed by atoms with Crippen molar-refractivity contribution in [1.29, 1.82) is 0 Å². The molecule has 122 valence electrons. The highest BCUT2D eigenvalue weighted by atomic mass is 16.3. The van der Waals surface area contributed by atoms with Gasteiger partial charge in [0.1, 0.15) is 5.52 Å². The van der Waals surface area contributed by atoms with E-state index >= 15 is 0 Å². The Labute approximate surface area is 138 Å². The number of likely N-dealkylation sites (tertiary alicyclic amines) is 1. The van der Waals surface area contributed by atoms with Crippen molar-refractivity contribution in [2.24, 2.45) is 0 Å². The van der Waals surface area contributed by atoms with Crippen molar-refractivity contribution < 1.29 is 9.21 Å². The lowest BCUT2D eigenvalue weighted by atomic mass is 9.96. The standard InChI is InChI=1S/C17H17N5O2/c18-15-14(19-7-8-20-15)17(23)22-9-5-11(6-10-22)16-21-12-3-1-2-4-13(12)24-16/h1-4,7-8,11H,5-6,9-10H2,(H2,18,20). The van der Waals surface area contributed by atoms with Crippen molar-refractivity contribution in [2.75, 3.05) is 18.8 Å². The van der Waals surface area contributed by atoms with Gasteiger partial charge in [-0.2, -0.15) is 0 Å². The molecule has 3 aromatic rings. The van der Waals surface area contributed by atoms with Gasteiger partial charge in [0, 0.05) is 31.4 Å². The normalized spacial score (nSPS) is 15.8. The number of nitrogen functional groups attached to an aromatic ring is 1. The van der Waals surface area contributed by atoms with Crippen molar-refractivity contribution in [2.45, 2.75) is 18.8 Å². The SMILES string of the molecule is Nc1nccnc1C(=O)N1CCC(c2nc3ccccc3o2)CC1. The van der Waals surface area contributed by atoms with Crippen LogP contribution in [-0.4, -0.2) is 38.8 Å². The van der Waals surface area contributed by atoms with Crippen LogP contribution in [0.1, 0.15) is 35.1 Å². The number of hydrogen-bond donors (Lipinski definition) is 1. The predicted molar refractivity (Wildman–Crippen MR) is 88.3 cm³/mol. The maximum Gasteiger partial charge on any atom is 0.276 e. The number of aromatic nitrogens is 3. The summed E-state index contributed by atoms with van der Waals surface area (Å²) >= 11 is 0. The van der Waals surface area contributed by atoms with E-state index in [0.29, 0.717) is 13.1 Å². The van der Waals surface area contributed by atoms with Gasteiger partial charge in [0.25, 0.3) is 5.91 Å². The number of rotatable bonds is 2. The first kappa shape index (κ1) is 14.6. The predicted octanol–water partition coefficient (Wildman–Crippen LogP) is 2.22. The number of piperidine rings is 1. The van der Waals surface area contributed by atoms with E-state index in [2.05, 4.69) is 15.0 Å². The highest BCUT2D eigenvalue weighted by Crippen LogP contribution is 2.30. The van der Waals surface area contributed by atoms with Gasteiger partial charge < -0.3 is 15.1 Å². The van der Waals surface area contributed by atoms with Gasteiger partial charge in [-0.05, 0) is 25.0 Å². The molecule has 7 heteroatoms. The van der Waals surface area contributed by atoms with Crippen LogP contribution in [0, 0.1) is 0 Å². The largest absolute Gasteiger partial charge is 0.440 e. The van der Waals surface area contributed by atoms with Gasteiger partial charge in [0.2, 0.25) is 0 Å². The molecule has 0 atom stereocenters. The van der Waals surface area contributed by atoms with Gasteiger partial charge >= 0.3 is 0 Å². The molecular weight excluding hydrogens is 306 g/mol. The first-order chi connectivity index (χ1) is 11.7. The lowest BCUT2D eigenvalue weighted by Gasteiger charge is -2.30. The van der Waals surface area contributed by atoms with Crippen LogP contribution in [0.15, 0.2) is 41.1 Å². The molecule has 0 spiro atoms. The number of hydrogen-bond acceptors (Lipinski definition) is 6. The molecule has 24 heavy (non-hydrogen) atoms. The molecule has 0 aliphatic carbocycles. The van der Waals surface area contributed by atoms with Crippen molar-refractivity contribution in [3.63, 3.8) is 0 Å². The Balaban J connectivity index is 1.47. The van der Waals surface area contributed by atoms with Crippen LogP contribution >= 0.6 is 0 Å². The summed E-state index contributed by atoms with van der Waals surface area (Å²) < 4.78 is 5.85. The molecule has 1 aromatic carbocycles. The minimum atomic E-state index is -0.170. The topological polar surface area (TPSA) is 98.1 Å². The Morgan fingerprint density at radius 2 is 1.92 bits per heavy atom. The van der Waals surface area contributed by atoms with Crippen molar-refractivity contribution in [1.82, 2.24) is 19.9 Å². The smallest absolute Gasteiger partial charge is 0.276 e. The zero-order chi connectivity index (χ0) is 16.5. The highest BCUT2D eigenvalue weighted by Gasteiger charge is 2.28. The highest BCUT2D eigenvalue weighted by molar-refractivity contribution is 5.96. The second-order valence-corrected chi connectivity index (χ2v) is 5.88. The van der Waals surface area contributed by atoms with Crippen LogP contribution < -0.4 is 5.73 Å². The van der Waals surface area contributed by atoms with Gasteiger partial charge in [-0.1, -0.05) is 12.1 Å². The molecule has 2 aromatic heterocycles. The Bertz CT molecular complexity index is 850. The van der Waals surface area contributed by atoms with Gasteiger partial charge in [0.05, 0.1) is 0 Å². The third kappa shape index (κ3) is 2.58. The van der Waals surface area contributed by atoms with E-state index < -0.39 is 0 Å². The van der Waals surface area contributed by atoms with E-state index in [1.54, 1.807) is 4.90 Å². The third-order valence-electron chi connectivity index (χ3n) is 4.37. The molecule has 1 fully saturated rings. The maximum atomic E-state index is 12.5. The minimum Gasteiger partial charge on any atom is -0.440 e. The Morgan fingerprint density at radius 1 is 1.17 bits per heavy atom. The molecule has 1 saturated heterocycles.